The Hall–Kier alpha value is -3.00. The molecule has 0 aliphatic heterocycles. The molecule has 0 radical (unpaired) electrons. The third kappa shape index (κ3) is 3.82. The van der Waals surface area contributed by atoms with Crippen LogP contribution in [0.3, 0.4) is 0 Å². The standard InChI is InChI=1S/C20H20F2N4O2/c21-11-1-6-16(18(7-11)28-14-4-2-13(27)3-5-14)26-20-19-15(22)8-12(23)9-17(19)24-10-25-20/h1,6-10,13-14,27H,2-5,23H2,(H,24,25,26). The van der Waals surface area contributed by atoms with Crippen LogP contribution < -0.4 is 15.8 Å². The van der Waals surface area contributed by atoms with Crippen molar-refractivity contribution < 1.29 is 18.6 Å². The summed E-state index contributed by atoms with van der Waals surface area (Å²) in [6, 6.07) is 6.85. The number of nitrogen functional groups attached to an aromatic ring is 1. The molecular formula is C20H20F2N4O2. The SMILES string of the molecule is Nc1cc(F)c2c(Nc3ccc(F)cc3OC3CCC(O)CC3)ncnc2c1. The van der Waals surface area contributed by atoms with Crippen LogP contribution in [0.1, 0.15) is 25.7 Å². The maximum Gasteiger partial charge on any atom is 0.146 e. The van der Waals surface area contributed by atoms with Gasteiger partial charge in [-0.05, 0) is 49.9 Å². The van der Waals surface area contributed by atoms with Crippen molar-refractivity contribution in [3.05, 3.63) is 48.3 Å². The van der Waals surface area contributed by atoms with E-state index in [1.165, 1.54) is 30.6 Å². The number of nitrogens with zero attached hydrogens (tertiary/aromatic N) is 2. The second kappa shape index (κ2) is 7.55. The maximum absolute atomic E-state index is 14.5. The highest BCUT2D eigenvalue weighted by atomic mass is 19.1. The third-order valence-corrected chi connectivity index (χ3v) is 4.85. The maximum atomic E-state index is 14.5. The van der Waals surface area contributed by atoms with Crippen molar-refractivity contribution in [2.75, 3.05) is 11.1 Å². The molecule has 3 aromatic rings. The molecule has 4 N–H and O–H groups in total. The van der Waals surface area contributed by atoms with E-state index in [1.54, 1.807) is 6.07 Å². The fraction of sp³-hybridized carbons (Fsp3) is 0.300. The lowest BCUT2D eigenvalue weighted by atomic mass is 9.95. The molecule has 0 atom stereocenters. The van der Waals surface area contributed by atoms with Crippen molar-refractivity contribution in [3.63, 3.8) is 0 Å². The molecule has 0 spiro atoms. The van der Waals surface area contributed by atoms with E-state index in [4.69, 9.17) is 10.5 Å². The van der Waals surface area contributed by atoms with Gasteiger partial charge in [0.1, 0.15) is 29.5 Å². The van der Waals surface area contributed by atoms with Crippen molar-refractivity contribution in [1.29, 1.82) is 0 Å². The van der Waals surface area contributed by atoms with Gasteiger partial charge >= 0.3 is 0 Å². The van der Waals surface area contributed by atoms with Crippen LogP contribution in [-0.2, 0) is 0 Å². The Balaban J connectivity index is 1.66. The molecule has 4 rings (SSSR count). The minimum atomic E-state index is -0.552. The monoisotopic (exact) mass is 386 g/mol. The summed E-state index contributed by atoms with van der Waals surface area (Å²) in [5.41, 5.74) is 6.77. The van der Waals surface area contributed by atoms with Crippen molar-refractivity contribution in [2.45, 2.75) is 37.9 Å². The van der Waals surface area contributed by atoms with Crippen LogP contribution in [0.25, 0.3) is 10.9 Å². The van der Waals surface area contributed by atoms with Gasteiger partial charge in [-0.2, -0.15) is 0 Å². The van der Waals surface area contributed by atoms with Crippen LogP contribution in [0.5, 0.6) is 5.75 Å². The number of nitrogens with one attached hydrogen (secondary N) is 1. The molecule has 1 aliphatic carbocycles. The van der Waals surface area contributed by atoms with E-state index in [1.807, 2.05) is 0 Å². The summed E-state index contributed by atoms with van der Waals surface area (Å²) in [6.07, 6.45) is 3.52. The fourth-order valence-corrected chi connectivity index (χ4v) is 3.42. The van der Waals surface area contributed by atoms with E-state index in [-0.39, 0.29) is 29.1 Å². The molecule has 0 bridgehead atoms. The third-order valence-electron chi connectivity index (χ3n) is 4.85. The molecule has 0 saturated heterocycles. The molecule has 0 unspecified atom stereocenters. The highest BCUT2D eigenvalue weighted by molar-refractivity contribution is 5.93. The number of benzene rings is 2. The summed E-state index contributed by atoms with van der Waals surface area (Å²) in [7, 11) is 0. The van der Waals surface area contributed by atoms with Crippen LogP contribution in [0.4, 0.5) is 26.0 Å². The average Bonchev–Trinajstić information content (AvgIpc) is 2.65. The molecule has 8 heteroatoms. The molecule has 1 saturated carbocycles. The number of ether oxygens (including phenoxy) is 1. The van der Waals surface area contributed by atoms with Gasteiger partial charge in [-0.15, -0.1) is 0 Å². The Kier molecular flexibility index (Phi) is 4.95. The predicted octanol–water partition coefficient (Wildman–Crippen LogP) is 3.92. The zero-order valence-electron chi connectivity index (χ0n) is 15.0. The highest BCUT2D eigenvalue weighted by Crippen LogP contribution is 2.34. The summed E-state index contributed by atoms with van der Waals surface area (Å²) in [4.78, 5) is 8.18. The van der Waals surface area contributed by atoms with Gasteiger partial charge < -0.3 is 20.9 Å². The lowest BCUT2D eigenvalue weighted by Gasteiger charge is -2.27. The molecule has 1 fully saturated rings. The van der Waals surface area contributed by atoms with Crippen molar-refractivity contribution in [3.8, 4) is 5.75 Å². The number of aliphatic hydroxyl groups excluding tert-OH is 1. The zero-order chi connectivity index (χ0) is 19.7. The van der Waals surface area contributed by atoms with Crippen molar-refractivity contribution >= 4 is 28.1 Å². The lowest BCUT2D eigenvalue weighted by molar-refractivity contribution is 0.0668. The van der Waals surface area contributed by atoms with Gasteiger partial charge in [0.15, 0.2) is 0 Å². The van der Waals surface area contributed by atoms with E-state index in [0.29, 0.717) is 42.6 Å². The quantitative estimate of drug-likeness (QED) is 0.589. The van der Waals surface area contributed by atoms with Crippen LogP contribution in [0.2, 0.25) is 0 Å². The molecule has 1 aliphatic rings. The van der Waals surface area contributed by atoms with Crippen LogP contribution >= 0.6 is 0 Å². The molecule has 28 heavy (non-hydrogen) atoms. The van der Waals surface area contributed by atoms with E-state index >= 15 is 0 Å². The summed E-state index contributed by atoms with van der Waals surface area (Å²) in [6.45, 7) is 0. The zero-order valence-corrected chi connectivity index (χ0v) is 15.0. The number of aromatic nitrogens is 2. The van der Waals surface area contributed by atoms with Crippen LogP contribution in [0.15, 0.2) is 36.7 Å². The molecule has 2 aromatic carbocycles. The van der Waals surface area contributed by atoms with Gasteiger partial charge in [0, 0.05) is 11.8 Å². The number of nitrogens with two attached hydrogens (primary N) is 1. The van der Waals surface area contributed by atoms with Gasteiger partial charge in [-0.3, -0.25) is 0 Å². The summed E-state index contributed by atoms with van der Waals surface area (Å²) in [5.74, 6) is -0.450. The second-order valence-corrected chi connectivity index (χ2v) is 6.93. The first-order chi connectivity index (χ1) is 13.5. The van der Waals surface area contributed by atoms with Crippen LogP contribution in [0, 0.1) is 11.6 Å². The minimum Gasteiger partial charge on any atom is -0.488 e. The van der Waals surface area contributed by atoms with Gasteiger partial charge in [0.25, 0.3) is 0 Å². The second-order valence-electron chi connectivity index (χ2n) is 6.93. The van der Waals surface area contributed by atoms with Gasteiger partial charge in [-0.25, -0.2) is 18.7 Å². The average molecular weight is 386 g/mol. The summed E-state index contributed by atoms with van der Waals surface area (Å²) >= 11 is 0. The van der Waals surface area contributed by atoms with Gasteiger partial charge in [0.2, 0.25) is 0 Å². The highest BCUT2D eigenvalue weighted by Gasteiger charge is 2.22. The molecular weight excluding hydrogens is 366 g/mol. The Labute approximate surface area is 160 Å². The number of aliphatic hydroxyl groups is 1. The van der Waals surface area contributed by atoms with E-state index < -0.39 is 11.6 Å². The van der Waals surface area contributed by atoms with Gasteiger partial charge in [0.05, 0.1) is 28.8 Å². The largest absolute Gasteiger partial charge is 0.488 e. The van der Waals surface area contributed by atoms with Crippen molar-refractivity contribution in [1.82, 2.24) is 9.97 Å². The first kappa shape index (κ1) is 18.4. The topological polar surface area (TPSA) is 93.3 Å². The first-order valence-electron chi connectivity index (χ1n) is 9.10. The number of hydrogen-bond donors (Lipinski definition) is 3. The first-order valence-corrected chi connectivity index (χ1v) is 9.10. The number of rotatable bonds is 4. The van der Waals surface area contributed by atoms with Gasteiger partial charge in [-0.1, -0.05) is 0 Å². The molecule has 1 heterocycles. The predicted molar refractivity (Wildman–Crippen MR) is 102 cm³/mol. The van der Waals surface area contributed by atoms with Crippen molar-refractivity contribution in [2.24, 2.45) is 0 Å². The van der Waals surface area contributed by atoms with E-state index in [2.05, 4.69) is 15.3 Å². The molecule has 1 aromatic heterocycles. The number of hydrogen-bond acceptors (Lipinski definition) is 6. The smallest absolute Gasteiger partial charge is 0.146 e. The number of halogens is 2. The minimum absolute atomic E-state index is 0.121. The Morgan fingerprint density at radius 3 is 2.64 bits per heavy atom. The lowest BCUT2D eigenvalue weighted by Crippen LogP contribution is -2.26. The van der Waals surface area contributed by atoms with E-state index in [9.17, 15) is 13.9 Å². The normalized spacial score (nSPS) is 19.5. The Morgan fingerprint density at radius 2 is 1.86 bits per heavy atom. The molecule has 6 nitrogen and oxygen atoms in total. The Morgan fingerprint density at radius 1 is 1.07 bits per heavy atom. The fourth-order valence-electron chi connectivity index (χ4n) is 3.42. The molecule has 0 amide bonds. The van der Waals surface area contributed by atoms with Crippen LogP contribution in [-0.4, -0.2) is 27.3 Å². The van der Waals surface area contributed by atoms with E-state index in [0.717, 1.165) is 0 Å². The summed E-state index contributed by atoms with van der Waals surface area (Å²) < 4.78 is 34.3. The number of anilines is 3. The summed E-state index contributed by atoms with van der Waals surface area (Å²) in [5, 5.41) is 12.9. The Bertz CT molecular complexity index is 1010. The molecule has 146 valence electrons. The number of fused-ring (bicyclic) bond motifs is 1.